The number of piperazine rings is 1. The predicted molar refractivity (Wildman–Crippen MR) is 139 cm³/mol. The number of likely N-dealkylation sites (N-methyl/N-ethyl adjacent to an activating group) is 1. The van der Waals surface area contributed by atoms with Crippen molar-refractivity contribution in [3.8, 4) is 0 Å². The quantitative estimate of drug-likeness (QED) is 0.514. The number of carbonyl (C=O) groups excluding carboxylic acids is 1. The van der Waals surface area contributed by atoms with E-state index in [1.165, 1.54) is 5.69 Å². The van der Waals surface area contributed by atoms with Crippen LogP contribution in [0.2, 0.25) is 10.0 Å². The van der Waals surface area contributed by atoms with Gasteiger partial charge in [0.15, 0.2) is 0 Å². The molecule has 2 aromatic carbocycles. The summed E-state index contributed by atoms with van der Waals surface area (Å²) in [5, 5.41) is 1.02. The van der Waals surface area contributed by atoms with Crippen LogP contribution in [-0.2, 0) is 4.79 Å². The Hall–Kier alpha value is -1.66. The molecule has 2 saturated heterocycles. The molecule has 2 fully saturated rings. The van der Waals surface area contributed by atoms with Crippen molar-refractivity contribution in [1.82, 2.24) is 4.90 Å². The highest BCUT2D eigenvalue weighted by atomic mass is 35.5. The van der Waals surface area contributed by atoms with E-state index in [1.807, 2.05) is 12.1 Å². The molecule has 170 valence electrons. The molecule has 2 aromatic rings. The third-order valence-electron chi connectivity index (χ3n) is 6.53. The minimum absolute atomic E-state index is 0.343. The topological polar surface area (TPSA) is 26.8 Å². The first-order valence-electron chi connectivity index (χ1n) is 11.0. The van der Waals surface area contributed by atoms with Crippen molar-refractivity contribution in [2.24, 2.45) is 0 Å². The Bertz CT molecular complexity index is 1000. The lowest BCUT2D eigenvalue weighted by atomic mass is 10.0. The maximum atomic E-state index is 12.2. The van der Waals surface area contributed by atoms with Gasteiger partial charge in [0.25, 0.3) is 0 Å². The summed E-state index contributed by atoms with van der Waals surface area (Å²) in [6, 6.07) is 14.7. The van der Waals surface area contributed by atoms with E-state index in [2.05, 4.69) is 65.9 Å². The van der Waals surface area contributed by atoms with Gasteiger partial charge in [-0.05, 0) is 56.8 Å². The number of para-hydroxylation sites is 1. The summed E-state index contributed by atoms with van der Waals surface area (Å²) in [4.78, 5) is 20.3. The normalized spacial score (nSPS) is 25.9. The van der Waals surface area contributed by atoms with E-state index in [9.17, 15) is 4.79 Å². The minimum Gasteiger partial charge on any atom is -0.368 e. The van der Waals surface area contributed by atoms with Crippen molar-refractivity contribution in [2.75, 3.05) is 42.2 Å². The highest BCUT2D eigenvalue weighted by molar-refractivity contribution is 8.03. The van der Waals surface area contributed by atoms with Crippen molar-refractivity contribution in [3.05, 3.63) is 63.0 Å². The molecule has 0 spiro atoms. The molecule has 2 heterocycles. The SMILES string of the molecule is CC1CN(c2ccccc2C=C2SCCN(c3ccc(Cl)c(Cl)c3)C2C=O)CC(C)N1C. The Morgan fingerprint density at radius 3 is 2.44 bits per heavy atom. The van der Waals surface area contributed by atoms with Crippen molar-refractivity contribution < 1.29 is 4.79 Å². The molecule has 4 rings (SSSR count). The average molecular weight is 491 g/mol. The van der Waals surface area contributed by atoms with Crippen molar-refractivity contribution in [2.45, 2.75) is 32.0 Å². The van der Waals surface area contributed by atoms with Crippen LogP contribution < -0.4 is 9.80 Å². The lowest BCUT2D eigenvalue weighted by Crippen LogP contribution is -2.55. The summed E-state index contributed by atoms with van der Waals surface area (Å²) >= 11 is 14.1. The van der Waals surface area contributed by atoms with Gasteiger partial charge in [0.2, 0.25) is 0 Å². The van der Waals surface area contributed by atoms with Crippen LogP contribution in [0.4, 0.5) is 11.4 Å². The Morgan fingerprint density at radius 1 is 1.03 bits per heavy atom. The maximum absolute atomic E-state index is 12.2. The molecule has 3 unspecified atom stereocenters. The van der Waals surface area contributed by atoms with Crippen LogP contribution in [0, 0.1) is 0 Å². The Balaban J connectivity index is 1.66. The zero-order chi connectivity index (χ0) is 22.8. The summed E-state index contributed by atoms with van der Waals surface area (Å²) < 4.78 is 0. The van der Waals surface area contributed by atoms with E-state index in [0.717, 1.165) is 47.8 Å². The molecule has 2 aliphatic rings. The van der Waals surface area contributed by atoms with E-state index in [1.54, 1.807) is 17.8 Å². The third kappa shape index (κ3) is 4.81. The molecule has 0 amide bonds. The molecule has 2 aliphatic heterocycles. The number of hydrogen-bond acceptors (Lipinski definition) is 5. The molecule has 0 N–H and O–H groups in total. The molecule has 0 bridgehead atoms. The second-order valence-electron chi connectivity index (χ2n) is 8.60. The van der Waals surface area contributed by atoms with Gasteiger partial charge in [-0.1, -0.05) is 41.4 Å². The van der Waals surface area contributed by atoms with Crippen LogP contribution in [0.5, 0.6) is 0 Å². The smallest absolute Gasteiger partial charge is 0.147 e. The molecule has 32 heavy (non-hydrogen) atoms. The highest BCUT2D eigenvalue weighted by Crippen LogP contribution is 2.37. The number of anilines is 2. The maximum Gasteiger partial charge on any atom is 0.147 e. The molecule has 0 aromatic heterocycles. The van der Waals surface area contributed by atoms with Crippen molar-refractivity contribution in [1.29, 1.82) is 0 Å². The van der Waals surface area contributed by atoms with Gasteiger partial charge >= 0.3 is 0 Å². The van der Waals surface area contributed by atoms with Gasteiger partial charge in [-0.2, -0.15) is 0 Å². The molecule has 0 aliphatic carbocycles. The molecular formula is C25H29Cl2N3OS. The number of benzene rings is 2. The lowest BCUT2D eigenvalue weighted by Gasteiger charge is -2.44. The first-order valence-corrected chi connectivity index (χ1v) is 12.7. The first kappa shape index (κ1) is 23.5. The molecule has 3 atom stereocenters. The van der Waals surface area contributed by atoms with Crippen LogP contribution in [0.15, 0.2) is 47.4 Å². The number of hydrogen-bond donors (Lipinski definition) is 0. The van der Waals surface area contributed by atoms with Gasteiger partial charge < -0.3 is 14.6 Å². The fourth-order valence-corrected chi connectivity index (χ4v) is 5.89. The Morgan fingerprint density at radius 2 is 1.75 bits per heavy atom. The lowest BCUT2D eigenvalue weighted by molar-refractivity contribution is -0.108. The minimum atomic E-state index is -0.343. The first-order chi connectivity index (χ1) is 15.4. The van der Waals surface area contributed by atoms with E-state index in [-0.39, 0.29) is 6.04 Å². The predicted octanol–water partition coefficient (Wildman–Crippen LogP) is 5.68. The summed E-state index contributed by atoms with van der Waals surface area (Å²) in [6.07, 6.45) is 3.22. The van der Waals surface area contributed by atoms with Crippen LogP contribution in [0.1, 0.15) is 19.4 Å². The monoisotopic (exact) mass is 489 g/mol. The van der Waals surface area contributed by atoms with Crippen molar-refractivity contribution >= 4 is 58.7 Å². The second kappa shape index (κ2) is 10.1. The largest absolute Gasteiger partial charge is 0.368 e. The number of rotatable bonds is 4. The zero-order valence-electron chi connectivity index (χ0n) is 18.7. The van der Waals surface area contributed by atoms with Gasteiger partial charge in [0.1, 0.15) is 12.3 Å². The second-order valence-corrected chi connectivity index (χ2v) is 10.6. The third-order valence-corrected chi connectivity index (χ3v) is 8.35. The fraction of sp³-hybridized carbons (Fsp3) is 0.400. The summed E-state index contributed by atoms with van der Waals surface area (Å²) in [6.45, 7) is 7.30. The zero-order valence-corrected chi connectivity index (χ0v) is 21.0. The fourth-order valence-electron chi connectivity index (χ4n) is 4.51. The van der Waals surface area contributed by atoms with Gasteiger partial charge in [0, 0.05) is 53.8 Å². The van der Waals surface area contributed by atoms with Crippen molar-refractivity contribution in [3.63, 3.8) is 0 Å². The Labute approximate surface area is 205 Å². The summed E-state index contributed by atoms with van der Waals surface area (Å²) in [5.74, 6) is 0.904. The number of halogens is 2. The molecule has 0 saturated carbocycles. The number of nitrogens with zero attached hydrogens (tertiary/aromatic N) is 3. The van der Waals surface area contributed by atoms with Gasteiger partial charge in [-0.3, -0.25) is 4.90 Å². The summed E-state index contributed by atoms with van der Waals surface area (Å²) in [5.41, 5.74) is 3.29. The van der Waals surface area contributed by atoms with Crippen LogP contribution in [0.3, 0.4) is 0 Å². The summed E-state index contributed by atoms with van der Waals surface area (Å²) in [7, 11) is 2.20. The highest BCUT2D eigenvalue weighted by Gasteiger charge is 2.30. The Kier molecular flexibility index (Phi) is 7.40. The molecule has 7 heteroatoms. The number of carbonyl (C=O) groups is 1. The standard InChI is InChI=1S/C25H29Cl2N3OS/c1-17-14-29(15-18(2)28(17)3)23-7-5-4-6-19(23)12-25-24(16-31)30(10-11-32-25)20-8-9-21(26)22(27)13-20/h4-9,12-13,16-18,24H,10-11,14-15H2,1-3H3. The van der Waals surface area contributed by atoms with Crippen LogP contribution in [0.25, 0.3) is 6.08 Å². The molecule has 4 nitrogen and oxygen atoms in total. The molecule has 0 radical (unpaired) electrons. The van der Waals surface area contributed by atoms with E-state index < -0.39 is 0 Å². The van der Waals surface area contributed by atoms with E-state index in [4.69, 9.17) is 23.2 Å². The van der Waals surface area contributed by atoms with Gasteiger partial charge in [-0.15, -0.1) is 11.8 Å². The van der Waals surface area contributed by atoms with Crippen LogP contribution in [-0.4, -0.2) is 61.7 Å². The molecular weight excluding hydrogens is 461 g/mol. The van der Waals surface area contributed by atoms with Gasteiger partial charge in [-0.25, -0.2) is 0 Å². The number of thioether (sulfide) groups is 1. The number of aldehydes is 1. The van der Waals surface area contributed by atoms with Gasteiger partial charge in [0.05, 0.1) is 10.0 Å². The van der Waals surface area contributed by atoms with Crippen LogP contribution >= 0.6 is 35.0 Å². The van der Waals surface area contributed by atoms with E-state index in [0.29, 0.717) is 22.1 Å². The van der Waals surface area contributed by atoms with E-state index >= 15 is 0 Å². The average Bonchev–Trinajstić information content (AvgIpc) is 2.79.